The van der Waals surface area contributed by atoms with Crippen molar-refractivity contribution in [1.29, 1.82) is 0 Å². The molecule has 2 aliphatic rings. The highest BCUT2D eigenvalue weighted by Crippen LogP contribution is 2.28. The van der Waals surface area contributed by atoms with Gasteiger partial charge in [-0.25, -0.2) is 0 Å². The molecule has 1 amide bonds. The van der Waals surface area contributed by atoms with Gasteiger partial charge in [-0.05, 0) is 42.9 Å². The molecule has 0 spiro atoms. The van der Waals surface area contributed by atoms with Crippen LogP contribution in [0, 0.1) is 11.8 Å². The molecule has 0 radical (unpaired) electrons. The molecule has 20 heavy (non-hydrogen) atoms. The summed E-state index contributed by atoms with van der Waals surface area (Å²) in [4.78, 5) is 14.5. The van der Waals surface area contributed by atoms with E-state index in [0.29, 0.717) is 11.8 Å². The highest BCUT2D eigenvalue weighted by Gasteiger charge is 2.30. The van der Waals surface area contributed by atoms with Gasteiger partial charge >= 0.3 is 0 Å². The van der Waals surface area contributed by atoms with Gasteiger partial charge in [-0.3, -0.25) is 4.79 Å². The second-order valence-electron chi connectivity index (χ2n) is 6.02. The smallest absolute Gasteiger partial charge is 0.226 e. The molecular formula is C17H23NOS. The van der Waals surface area contributed by atoms with Crippen LogP contribution in [0.4, 0.5) is 0 Å². The lowest BCUT2D eigenvalue weighted by molar-refractivity contribution is -0.136. The van der Waals surface area contributed by atoms with Crippen molar-refractivity contribution >= 4 is 17.7 Å². The molecule has 2 fully saturated rings. The molecule has 2 heterocycles. The van der Waals surface area contributed by atoms with Crippen molar-refractivity contribution in [2.75, 3.05) is 24.6 Å². The molecule has 2 aliphatic heterocycles. The van der Waals surface area contributed by atoms with Gasteiger partial charge in [0, 0.05) is 24.8 Å². The van der Waals surface area contributed by atoms with Crippen LogP contribution in [0.1, 0.15) is 24.8 Å². The van der Waals surface area contributed by atoms with Crippen LogP contribution in [0.25, 0.3) is 0 Å². The minimum Gasteiger partial charge on any atom is -0.342 e. The molecule has 0 bridgehead atoms. The van der Waals surface area contributed by atoms with Crippen molar-refractivity contribution in [3.63, 3.8) is 0 Å². The first-order valence-electron chi connectivity index (χ1n) is 7.73. The van der Waals surface area contributed by atoms with Crippen molar-refractivity contribution < 1.29 is 4.79 Å². The minimum atomic E-state index is 0.311. The summed E-state index contributed by atoms with van der Waals surface area (Å²) in [6.45, 7) is 1.94. The predicted molar refractivity (Wildman–Crippen MR) is 84.9 cm³/mol. The number of piperidine rings is 1. The maximum absolute atomic E-state index is 12.4. The summed E-state index contributed by atoms with van der Waals surface area (Å²) in [6.07, 6.45) is 4.59. The molecule has 0 N–H and O–H groups in total. The van der Waals surface area contributed by atoms with Gasteiger partial charge in [0.05, 0.1) is 0 Å². The van der Waals surface area contributed by atoms with Crippen LogP contribution in [0.15, 0.2) is 30.3 Å². The number of likely N-dealkylation sites (tertiary alicyclic amines) is 1. The Bertz CT molecular complexity index is 434. The van der Waals surface area contributed by atoms with E-state index < -0.39 is 0 Å². The quantitative estimate of drug-likeness (QED) is 0.851. The monoisotopic (exact) mass is 289 g/mol. The fourth-order valence-corrected chi connectivity index (χ4v) is 4.50. The van der Waals surface area contributed by atoms with Crippen molar-refractivity contribution in [2.45, 2.75) is 25.7 Å². The summed E-state index contributed by atoms with van der Waals surface area (Å²) in [5.41, 5.74) is 1.43. The number of rotatable bonds is 3. The van der Waals surface area contributed by atoms with Gasteiger partial charge in [-0.15, -0.1) is 0 Å². The number of carbonyl (C=O) groups excluding carboxylic acids is 1. The third kappa shape index (κ3) is 3.38. The number of thioether (sulfide) groups is 1. The van der Waals surface area contributed by atoms with Gasteiger partial charge in [0.15, 0.2) is 0 Å². The van der Waals surface area contributed by atoms with Gasteiger partial charge in [0.1, 0.15) is 0 Å². The summed E-state index contributed by atoms with van der Waals surface area (Å²) >= 11 is 1.93. The van der Waals surface area contributed by atoms with E-state index in [1.807, 2.05) is 11.8 Å². The lowest BCUT2D eigenvalue weighted by atomic mass is 9.89. The maximum atomic E-state index is 12.4. The summed E-state index contributed by atoms with van der Waals surface area (Å²) in [7, 11) is 0. The van der Waals surface area contributed by atoms with E-state index >= 15 is 0 Å². The van der Waals surface area contributed by atoms with Crippen LogP contribution in [-0.4, -0.2) is 35.4 Å². The topological polar surface area (TPSA) is 20.3 Å². The molecule has 3 rings (SSSR count). The third-order valence-electron chi connectivity index (χ3n) is 4.57. The Morgan fingerprint density at radius 2 is 1.90 bits per heavy atom. The van der Waals surface area contributed by atoms with Crippen molar-refractivity contribution in [3.05, 3.63) is 35.9 Å². The van der Waals surface area contributed by atoms with Crippen molar-refractivity contribution in [2.24, 2.45) is 11.8 Å². The Morgan fingerprint density at radius 1 is 1.15 bits per heavy atom. The zero-order valence-electron chi connectivity index (χ0n) is 12.0. The molecule has 2 nitrogen and oxygen atoms in total. The van der Waals surface area contributed by atoms with E-state index in [1.54, 1.807) is 0 Å². The van der Waals surface area contributed by atoms with Crippen LogP contribution in [0.2, 0.25) is 0 Å². The minimum absolute atomic E-state index is 0.311. The molecular weight excluding hydrogens is 266 g/mol. The largest absolute Gasteiger partial charge is 0.342 e. The SMILES string of the molecule is O=C(C1CCSC1)N1CCC(Cc2ccccc2)CC1. The number of amides is 1. The van der Waals surface area contributed by atoms with Gasteiger partial charge in [0.2, 0.25) is 5.91 Å². The van der Waals surface area contributed by atoms with E-state index in [1.165, 1.54) is 30.6 Å². The predicted octanol–water partition coefficient (Wildman–Crippen LogP) is 3.22. The van der Waals surface area contributed by atoms with Crippen LogP contribution in [-0.2, 0) is 11.2 Å². The Morgan fingerprint density at radius 3 is 2.55 bits per heavy atom. The lowest BCUT2D eigenvalue weighted by Crippen LogP contribution is -2.42. The first kappa shape index (κ1) is 14.0. The second-order valence-corrected chi connectivity index (χ2v) is 7.17. The van der Waals surface area contributed by atoms with Crippen LogP contribution < -0.4 is 0 Å². The normalized spacial score (nSPS) is 24.0. The number of hydrogen-bond donors (Lipinski definition) is 0. The molecule has 108 valence electrons. The maximum Gasteiger partial charge on any atom is 0.226 e. The summed E-state index contributed by atoms with van der Waals surface area (Å²) in [6, 6.07) is 10.7. The standard InChI is InChI=1S/C17H23NOS/c19-17(16-8-11-20-13-16)18-9-6-15(7-10-18)12-14-4-2-1-3-5-14/h1-5,15-16H,6-13H2. The third-order valence-corrected chi connectivity index (χ3v) is 5.73. The first-order chi connectivity index (χ1) is 9.83. The summed E-state index contributed by atoms with van der Waals surface area (Å²) in [5.74, 6) is 3.70. The Hall–Kier alpha value is -0.960. The molecule has 1 aromatic rings. The molecule has 1 atom stereocenters. The molecule has 1 unspecified atom stereocenters. The first-order valence-corrected chi connectivity index (χ1v) is 8.89. The van der Waals surface area contributed by atoms with Gasteiger partial charge in [-0.2, -0.15) is 11.8 Å². The molecule has 3 heteroatoms. The number of benzene rings is 1. The van der Waals surface area contributed by atoms with Crippen molar-refractivity contribution in [1.82, 2.24) is 4.90 Å². The highest BCUT2D eigenvalue weighted by molar-refractivity contribution is 7.99. The highest BCUT2D eigenvalue weighted by atomic mass is 32.2. The number of nitrogens with zero attached hydrogens (tertiary/aromatic N) is 1. The van der Waals surface area contributed by atoms with E-state index in [2.05, 4.69) is 35.2 Å². The van der Waals surface area contributed by atoms with E-state index in [9.17, 15) is 4.79 Å². The zero-order chi connectivity index (χ0) is 13.8. The zero-order valence-corrected chi connectivity index (χ0v) is 12.8. The number of hydrogen-bond acceptors (Lipinski definition) is 2. The number of carbonyl (C=O) groups is 1. The Kier molecular flexibility index (Phi) is 4.66. The molecule has 2 saturated heterocycles. The van der Waals surface area contributed by atoms with E-state index in [4.69, 9.17) is 0 Å². The Labute approximate surface area is 125 Å². The average molecular weight is 289 g/mol. The van der Waals surface area contributed by atoms with E-state index in [0.717, 1.165) is 31.2 Å². The second kappa shape index (κ2) is 6.66. The average Bonchev–Trinajstić information content (AvgIpc) is 3.03. The molecule has 0 aliphatic carbocycles. The fraction of sp³-hybridized carbons (Fsp3) is 0.588. The molecule has 1 aromatic carbocycles. The van der Waals surface area contributed by atoms with Crippen molar-refractivity contribution in [3.8, 4) is 0 Å². The summed E-state index contributed by atoms with van der Waals surface area (Å²) in [5, 5.41) is 0. The van der Waals surface area contributed by atoms with Gasteiger partial charge in [0.25, 0.3) is 0 Å². The summed E-state index contributed by atoms with van der Waals surface area (Å²) < 4.78 is 0. The van der Waals surface area contributed by atoms with Crippen LogP contribution in [0.3, 0.4) is 0 Å². The van der Waals surface area contributed by atoms with Gasteiger partial charge < -0.3 is 4.90 Å². The van der Waals surface area contributed by atoms with Crippen LogP contribution in [0.5, 0.6) is 0 Å². The van der Waals surface area contributed by atoms with Gasteiger partial charge in [-0.1, -0.05) is 30.3 Å². The molecule has 0 aromatic heterocycles. The van der Waals surface area contributed by atoms with E-state index in [-0.39, 0.29) is 0 Å². The van der Waals surface area contributed by atoms with Crippen LogP contribution >= 0.6 is 11.8 Å². The Balaban J connectivity index is 1.48. The lowest BCUT2D eigenvalue weighted by Gasteiger charge is -2.33. The fourth-order valence-electron chi connectivity index (χ4n) is 3.29. The molecule has 0 saturated carbocycles.